The van der Waals surface area contributed by atoms with Crippen molar-refractivity contribution in [3.05, 3.63) is 21.9 Å². The predicted molar refractivity (Wildman–Crippen MR) is 74.4 cm³/mol. The second-order valence-corrected chi connectivity index (χ2v) is 7.19. The molecule has 3 unspecified atom stereocenters. The van der Waals surface area contributed by atoms with Gasteiger partial charge in [-0.05, 0) is 69.0 Å². The van der Waals surface area contributed by atoms with Crippen LogP contribution in [-0.4, -0.2) is 6.54 Å². The van der Waals surface area contributed by atoms with E-state index in [1.165, 1.54) is 30.6 Å². The second-order valence-electron chi connectivity index (χ2n) is 5.87. The first-order chi connectivity index (χ1) is 8.28. The van der Waals surface area contributed by atoms with Crippen molar-refractivity contribution in [2.45, 2.75) is 45.6 Å². The van der Waals surface area contributed by atoms with Crippen molar-refractivity contribution >= 4 is 11.3 Å². The van der Waals surface area contributed by atoms with E-state index in [2.05, 4.69) is 31.3 Å². The Morgan fingerprint density at radius 1 is 1.29 bits per heavy atom. The highest BCUT2D eigenvalue weighted by Crippen LogP contribution is 2.57. The fourth-order valence-electron chi connectivity index (χ4n) is 3.45. The van der Waals surface area contributed by atoms with Crippen LogP contribution in [0.25, 0.3) is 0 Å². The number of rotatable bonds is 5. The summed E-state index contributed by atoms with van der Waals surface area (Å²) in [6, 6.07) is 5.26. The molecule has 0 bridgehead atoms. The predicted octanol–water partition coefficient (Wildman–Crippen LogP) is 4.14. The first kappa shape index (κ1) is 11.7. The Balaban J connectivity index is 1.71. The summed E-state index contributed by atoms with van der Waals surface area (Å²) in [6.45, 7) is 5.64. The zero-order chi connectivity index (χ0) is 11.8. The second kappa shape index (κ2) is 4.74. The van der Waals surface area contributed by atoms with Gasteiger partial charge in [0.05, 0.1) is 0 Å². The summed E-state index contributed by atoms with van der Waals surface area (Å²) in [6.07, 6.45) is 5.72. The molecule has 0 radical (unpaired) electrons. The van der Waals surface area contributed by atoms with Crippen molar-refractivity contribution in [3.8, 4) is 0 Å². The molecule has 3 atom stereocenters. The van der Waals surface area contributed by atoms with Gasteiger partial charge in [-0.3, -0.25) is 0 Å². The lowest BCUT2D eigenvalue weighted by Gasteiger charge is -2.25. The SMILES string of the molecule is CCCNC(c1ccc(C)s1)C1CC2CC2C1. The summed E-state index contributed by atoms with van der Waals surface area (Å²) in [5.74, 6) is 3.09. The third-order valence-corrected chi connectivity index (χ3v) is 5.52. The summed E-state index contributed by atoms with van der Waals surface area (Å²) in [7, 11) is 0. The average molecular weight is 249 g/mol. The van der Waals surface area contributed by atoms with Gasteiger partial charge in [-0.2, -0.15) is 0 Å². The molecule has 2 aliphatic carbocycles. The molecule has 0 aromatic carbocycles. The van der Waals surface area contributed by atoms with Gasteiger partial charge in [0.1, 0.15) is 0 Å². The smallest absolute Gasteiger partial charge is 0.0443 e. The lowest BCUT2D eigenvalue weighted by atomic mass is 9.93. The van der Waals surface area contributed by atoms with Crippen LogP contribution in [0.5, 0.6) is 0 Å². The highest BCUT2D eigenvalue weighted by molar-refractivity contribution is 7.12. The van der Waals surface area contributed by atoms with Gasteiger partial charge in [0.25, 0.3) is 0 Å². The van der Waals surface area contributed by atoms with Gasteiger partial charge in [0, 0.05) is 15.8 Å². The van der Waals surface area contributed by atoms with Crippen molar-refractivity contribution < 1.29 is 0 Å². The third-order valence-electron chi connectivity index (χ3n) is 4.43. The van der Waals surface area contributed by atoms with Gasteiger partial charge < -0.3 is 5.32 Å². The molecule has 1 aromatic rings. The Morgan fingerprint density at radius 2 is 2.06 bits per heavy atom. The summed E-state index contributed by atoms with van der Waals surface area (Å²) < 4.78 is 0. The molecule has 2 saturated carbocycles. The third kappa shape index (κ3) is 2.43. The highest BCUT2D eigenvalue weighted by Gasteiger charge is 2.48. The quantitative estimate of drug-likeness (QED) is 0.827. The average Bonchev–Trinajstić information content (AvgIpc) is 2.74. The molecule has 0 spiro atoms. The minimum atomic E-state index is 0.640. The lowest BCUT2D eigenvalue weighted by Crippen LogP contribution is -2.27. The van der Waals surface area contributed by atoms with Crippen molar-refractivity contribution in [2.24, 2.45) is 17.8 Å². The van der Waals surface area contributed by atoms with Gasteiger partial charge in [-0.1, -0.05) is 6.92 Å². The van der Waals surface area contributed by atoms with Crippen LogP contribution >= 0.6 is 11.3 Å². The molecule has 1 heterocycles. The molecule has 3 rings (SSSR count). The van der Waals surface area contributed by atoms with E-state index >= 15 is 0 Å². The molecule has 2 heteroatoms. The van der Waals surface area contributed by atoms with Crippen LogP contribution in [0.4, 0.5) is 0 Å². The highest BCUT2D eigenvalue weighted by atomic mass is 32.1. The summed E-state index contributed by atoms with van der Waals surface area (Å²) in [5, 5.41) is 3.79. The molecule has 17 heavy (non-hydrogen) atoms. The monoisotopic (exact) mass is 249 g/mol. The maximum absolute atomic E-state index is 3.79. The van der Waals surface area contributed by atoms with Crippen LogP contribution < -0.4 is 5.32 Å². The maximum atomic E-state index is 3.79. The number of aryl methyl sites for hydroxylation is 1. The standard InChI is InChI=1S/C15H23NS/c1-3-6-16-15(14-5-4-10(2)17-14)13-8-11-7-12(11)9-13/h4-5,11-13,15-16H,3,6-9H2,1-2H3. The van der Waals surface area contributed by atoms with Crippen molar-refractivity contribution in [1.29, 1.82) is 0 Å². The van der Waals surface area contributed by atoms with Crippen LogP contribution in [0, 0.1) is 24.7 Å². The van der Waals surface area contributed by atoms with Gasteiger partial charge in [-0.25, -0.2) is 0 Å². The Morgan fingerprint density at radius 3 is 2.65 bits per heavy atom. The van der Waals surface area contributed by atoms with E-state index in [4.69, 9.17) is 0 Å². The van der Waals surface area contributed by atoms with E-state index in [0.29, 0.717) is 6.04 Å². The molecule has 94 valence electrons. The molecule has 2 fully saturated rings. The fraction of sp³-hybridized carbons (Fsp3) is 0.733. The van der Waals surface area contributed by atoms with Crippen LogP contribution in [0.2, 0.25) is 0 Å². The van der Waals surface area contributed by atoms with Crippen LogP contribution in [0.1, 0.15) is 48.4 Å². The van der Waals surface area contributed by atoms with Crippen LogP contribution in [0.15, 0.2) is 12.1 Å². The number of fused-ring (bicyclic) bond motifs is 1. The van der Waals surface area contributed by atoms with Gasteiger partial charge >= 0.3 is 0 Å². The maximum Gasteiger partial charge on any atom is 0.0443 e. The van der Waals surface area contributed by atoms with E-state index < -0.39 is 0 Å². The molecular formula is C15H23NS. The van der Waals surface area contributed by atoms with Gasteiger partial charge in [0.15, 0.2) is 0 Å². The number of hydrogen-bond acceptors (Lipinski definition) is 2. The van der Waals surface area contributed by atoms with Crippen LogP contribution in [-0.2, 0) is 0 Å². The van der Waals surface area contributed by atoms with E-state index in [1.807, 2.05) is 11.3 Å². The zero-order valence-electron chi connectivity index (χ0n) is 10.9. The lowest BCUT2D eigenvalue weighted by molar-refractivity contribution is 0.346. The zero-order valence-corrected chi connectivity index (χ0v) is 11.7. The molecule has 1 N–H and O–H groups in total. The normalized spacial score (nSPS) is 32.5. The van der Waals surface area contributed by atoms with E-state index in [0.717, 1.165) is 24.3 Å². The first-order valence-corrected chi connectivity index (χ1v) is 7.89. The number of nitrogens with one attached hydrogen (secondary N) is 1. The van der Waals surface area contributed by atoms with Crippen molar-refractivity contribution in [2.75, 3.05) is 6.54 Å². The first-order valence-electron chi connectivity index (χ1n) is 7.07. The molecule has 2 aliphatic rings. The summed E-state index contributed by atoms with van der Waals surface area (Å²) in [5.41, 5.74) is 0. The Bertz CT molecular complexity index is 374. The summed E-state index contributed by atoms with van der Waals surface area (Å²) in [4.78, 5) is 3.02. The Kier molecular flexibility index (Phi) is 3.27. The van der Waals surface area contributed by atoms with Crippen LogP contribution in [0.3, 0.4) is 0 Å². The molecule has 1 nitrogen and oxygen atoms in total. The minimum Gasteiger partial charge on any atom is -0.309 e. The van der Waals surface area contributed by atoms with Gasteiger partial charge in [-0.15, -0.1) is 11.3 Å². The largest absolute Gasteiger partial charge is 0.309 e. The molecule has 0 aliphatic heterocycles. The molecule has 0 saturated heterocycles. The van der Waals surface area contributed by atoms with E-state index in [-0.39, 0.29) is 0 Å². The Labute approximate surface area is 109 Å². The summed E-state index contributed by atoms with van der Waals surface area (Å²) >= 11 is 1.99. The van der Waals surface area contributed by atoms with Crippen molar-refractivity contribution in [1.82, 2.24) is 5.32 Å². The van der Waals surface area contributed by atoms with E-state index in [9.17, 15) is 0 Å². The molecule has 1 aromatic heterocycles. The number of hydrogen-bond donors (Lipinski definition) is 1. The topological polar surface area (TPSA) is 12.0 Å². The van der Waals surface area contributed by atoms with Gasteiger partial charge in [0.2, 0.25) is 0 Å². The minimum absolute atomic E-state index is 0.640. The fourth-order valence-corrected chi connectivity index (χ4v) is 4.50. The van der Waals surface area contributed by atoms with E-state index in [1.54, 1.807) is 4.88 Å². The molecule has 0 amide bonds. The Hall–Kier alpha value is -0.340. The molecular weight excluding hydrogens is 226 g/mol. The van der Waals surface area contributed by atoms with Crippen molar-refractivity contribution in [3.63, 3.8) is 0 Å². The number of thiophene rings is 1.